The number of hydrogen-bond acceptors (Lipinski definition) is 5. The molecular formula is C25H27FN6O2. The van der Waals surface area contributed by atoms with E-state index < -0.39 is 11.8 Å². The maximum Gasteiger partial charge on any atom is 0.323 e. The second-order valence-corrected chi connectivity index (χ2v) is 9.01. The number of nitrogens with zero attached hydrogens (tertiary/aromatic N) is 3. The number of carbonyl (C=O) groups is 1. The molecule has 4 aromatic rings. The Morgan fingerprint density at radius 2 is 1.97 bits per heavy atom. The minimum absolute atomic E-state index is 0.0502. The molecule has 34 heavy (non-hydrogen) atoms. The normalized spacial score (nSPS) is 11.6. The van der Waals surface area contributed by atoms with Crippen LogP contribution >= 0.6 is 0 Å². The molecule has 0 unspecified atom stereocenters. The first-order valence-electron chi connectivity index (χ1n) is 10.8. The monoisotopic (exact) mass is 462 g/mol. The predicted molar refractivity (Wildman–Crippen MR) is 131 cm³/mol. The third-order valence-corrected chi connectivity index (χ3v) is 5.47. The van der Waals surface area contributed by atoms with Crippen LogP contribution in [0, 0.1) is 5.82 Å². The van der Waals surface area contributed by atoms with Crippen molar-refractivity contribution >= 4 is 28.7 Å². The lowest BCUT2D eigenvalue weighted by Gasteiger charge is -2.20. The van der Waals surface area contributed by atoms with E-state index in [2.05, 4.69) is 41.5 Å². The fourth-order valence-corrected chi connectivity index (χ4v) is 3.79. The van der Waals surface area contributed by atoms with Gasteiger partial charge in [0.25, 0.3) is 0 Å². The van der Waals surface area contributed by atoms with Crippen molar-refractivity contribution in [3.8, 4) is 11.1 Å². The molecule has 9 heteroatoms. The molecule has 0 spiro atoms. The Bertz CT molecular complexity index is 1360. The van der Waals surface area contributed by atoms with Gasteiger partial charge in [0.1, 0.15) is 17.7 Å². The SMILES string of the molecule is COCc1cn2ncnc(N)c2c1-c1ccc(NC(=O)Nc2cccc(C(C)(C)C)c2)c(F)c1. The number of carbonyl (C=O) groups excluding carboxylic acids is 1. The molecule has 176 valence electrons. The summed E-state index contributed by atoms with van der Waals surface area (Å²) in [6, 6.07) is 11.6. The summed E-state index contributed by atoms with van der Waals surface area (Å²) in [4.78, 5) is 16.6. The predicted octanol–water partition coefficient (Wildman–Crippen LogP) is 5.21. The zero-order valence-electron chi connectivity index (χ0n) is 19.5. The van der Waals surface area contributed by atoms with E-state index in [9.17, 15) is 4.79 Å². The van der Waals surface area contributed by atoms with E-state index >= 15 is 4.39 Å². The first-order valence-corrected chi connectivity index (χ1v) is 10.8. The standard InChI is InChI=1S/C25H27FN6O2/c1-25(2,3)17-6-5-7-18(11-17)30-24(33)31-20-9-8-15(10-19(20)26)21-16(13-34-4)12-32-22(21)23(27)28-14-29-32/h5-12,14H,13H2,1-4H3,(H2,27,28,29)(H2,30,31,33). The van der Waals surface area contributed by atoms with Crippen molar-refractivity contribution in [1.29, 1.82) is 0 Å². The number of amides is 2. The fraction of sp³-hybridized carbons (Fsp3) is 0.240. The van der Waals surface area contributed by atoms with Crippen LogP contribution in [0.5, 0.6) is 0 Å². The van der Waals surface area contributed by atoms with Crippen molar-refractivity contribution in [2.75, 3.05) is 23.5 Å². The highest BCUT2D eigenvalue weighted by Crippen LogP contribution is 2.34. The summed E-state index contributed by atoms with van der Waals surface area (Å²) in [6.07, 6.45) is 3.13. The number of rotatable bonds is 5. The van der Waals surface area contributed by atoms with Crippen molar-refractivity contribution in [3.05, 3.63) is 71.9 Å². The molecule has 2 heterocycles. The Hall–Kier alpha value is -3.98. The molecule has 0 fully saturated rings. The van der Waals surface area contributed by atoms with Crippen LogP contribution in [-0.4, -0.2) is 27.7 Å². The summed E-state index contributed by atoms with van der Waals surface area (Å²) < 4.78 is 21.9. The molecular weight excluding hydrogens is 435 g/mol. The van der Waals surface area contributed by atoms with Crippen LogP contribution < -0.4 is 16.4 Å². The molecule has 0 radical (unpaired) electrons. The maximum atomic E-state index is 15.0. The van der Waals surface area contributed by atoms with Crippen LogP contribution in [0.25, 0.3) is 16.6 Å². The number of nitrogens with two attached hydrogens (primary N) is 1. The number of benzene rings is 2. The minimum Gasteiger partial charge on any atom is -0.382 e. The maximum absolute atomic E-state index is 15.0. The van der Waals surface area contributed by atoms with Gasteiger partial charge in [0.05, 0.1) is 12.3 Å². The van der Waals surface area contributed by atoms with Gasteiger partial charge in [0.15, 0.2) is 5.82 Å². The second kappa shape index (κ2) is 9.11. The second-order valence-electron chi connectivity index (χ2n) is 9.01. The summed E-state index contributed by atoms with van der Waals surface area (Å²) in [5.41, 5.74) is 10.4. The first kappa shape index (κ1) is 23.2. The zero-order chi connectivity index (χ0) is 24.5. The molecule has 2 amide bonds. The zero-order valence-corrected chi connectivity index (χ0v) is 19.5. The molecule has 8 nitrogen and oxygen atoms in total. The largest absolute Gasteiger partial charge is 0.382 e. The van der Waals surface area contributed by atoms with Crippen molar-refractivity contribution in [2.24, 2.45) is 0 Å². The number of urea groups is 1. The number of nitrogens with one attached hydrogen (secondary N) is 2. The highest BCUT2D eigenvalue weighted by atomic mass is 19.1. The molecule has 0 aliphatic heterocycles. The summed E-state index contributed by atoms with van der Waals surface area (Å²) in [6.45, 7) is 6.57. The molecule has 0 atom stereocenters. The summed E-state index contributed by atoms with van der Waals surface area (Å²) >= 11 is 0. The average Bonchev–Trinajstić information content (AvgIpc) is 3.14. The number of hydrogen-bond donors (Lipinski definition) is 3. The molecule has 0 saturated heterocycles. The van der Waals surface area contributed by atoms with E-state index in [1.807, 2.05) is 18.2 Å². The highest BCUT2D eigenvalue weighted by molar-refractivity contribution is 6.00. The number of nitrogen functional groups attached to an aromatic ring is 1. The number of anilines is 3. The molecule has 2 aromatic heterocycles. The summed E-state index contributed by atoms with van der Waals surface area (Å²) in [5, 5.41) is 9.52. The molecule has 4 N–H and O–H groups in total. The Balaban J connectivity index is 1.59. The van der Waals surface area contributed by atoms with Crippen LogP contribution in [0.4, 0.5) is 26.4 Å². The Labute approximate surface area is 197 Å². The topological polar surface area (TPSA) is 107 Å². The van der Waals surface area contributed by atoms with Gasteiger partial charge in [-0.15, -0.1) is 0 Å². The van der Waals surface area contributed by atoms with Crippen LogP contribution in [0.2, 0.25) is 0 Å². The van der Waals surface area contributed by atoms with Gasteiger partial charge in [-0.05, 0) is 40.8 Å². The molecule has 2 aromatic carbocycles. The lowest BCUT2D eigenvalue weighted by atomic mass is 9.87. The minimum atomic E-state index is -0.589. The smallest absolute Gasteiger partial charge is 0.323 e. The summed E-state index contributed by atoms with van der Waals surface area (Å²) in [7, 11) is 1.57. The number of aromatic nitrogens is 3. The summed E-state index contributed by atoms with van der Waals surface area (Å²) in [5.74, 6) is -0.318. The van der Waals surface area contributed by atoms with E-state index in [0.717, 1.165) is 11.1 Å². The van der Waals surface area contributed by atoms with Gasteiger partial charge >= 0.3 is 6.03 Å². The lowest BCUT2D eigenvalue weighted by Crippen LogP contribution is -2.20. The molecule has 0 aliphatic carbocycles. The molecule has 4 rings (SSSR count). The van der Waals surface area contributed by atoms with Gasteiger partial charge < -0.3 is 21.1 Å². The quantitative estimate of drug-likeness (QED) is 0.378. The average molecular weight is 463 g/mol. The van der Waals surface area contributed by atoms with Gasteiger partial charge in [0.2, 0.25) is 0 Å². The first-order chi connectivity index (χ1) is 16.2. The Morgan fingerprint density at radius 3 is 2.68 bits per heavy atom. The van der Waals surface area contributed by atoms with Crippen molar-refractivity contribution in [2.45, 2.75) is 32.8 Å². The highest BCUT2D eigenvalue weighted by Gasteiger charge is 2.19. The van der Waals surface area contributed by atoms with Crippen LogP contribution in [0.15, 0.2) is 55.0 Å². The van der Waals surface area contributed by atoms with Crippen molar-refractivity contribution in [3.63, 3.8) is 0 Å². The van der Waals surface area contributed by atoms with E-state index in [0.29, 0.717) is 22.3 Å². The van der Waals surface area contributed by atoms with Gasteiger partial charge in [-0.3, -0.25) is 0 Å². The fourth-order valence-electron chi connectivity index (χ4n) is 3.79. The van der Waals surface area contributed by atoms with E-state index in [1.165, 1.54) is 18.5 Å². The van der Waals surface area contributed by atoms with Crippen molar-refractivity contribution in [1.82, 2.24) is 14.6 Å². The van der Waals surface area contributed by atoms with Gasteiger partial charge in [-0.25, -0.2) is 18.7 Å². The van der Waals surface area contributed by atoms with Crippen LogP contribution in [-0.2, 0) is 16.8 Å². The van der Waals surface area contributed by atoms with E-state index in [4.69, 9.17) is 10.5 Å². The third-order valence-electron chi connectivity index (χ3n) is 5.47. The third kappa shape index (κ3) is 4.69. The van der Waals surface area contributed by atoms with Gasteiger partial charge in [-0.2, -0.15) is 5.10 Å². The van der Waals surface area contributed by atoms with Crippen LogP contribution in [0.3, 0.4) is 0 Å². The van der Waals surface area contributed by atoms with Gasteiger partial charge in [-0.1, -0.05) is 39.0 Å². The molecule has 0 bridgehead atoms. The number of ether oxygens (including phenoxy) is 1. The Kier molecular flexibility index (Phi) is 6.21. The van der Waals surface area contributed by atoms with Crippen molar-refractivity contribution < 1.29 is 13.9 Å². The number of halogens is 1. The molecule has 0 saturated carbocycles. The number of methoxy groups -OCH3 is 1. The lowest BCUT2D eigenvalue weighted by molar-refractivity contribution is 0.185. The van der Waals surface area contributed by atoms with Gasteiger partial charge in [0, 0.05) is 30.1 Å². The van der Waals surface area contributed by atoms with Crippen LogP contribution in [0.1, 0.15) is 31.9 Å². The van der Waals surface area contributed by atoms with E-state index in [1.54, 1.807) is 30.0 Å². The molecule has 0 aliphatic rings. The Morgan fingerprint density at radius 1 is 1.18 bits per heavy atom. The number of fused-ring (bicyclic) bond motifs is 1. The van der Waals surface area contributed by atoms with E-state index in [-0.39, 0.29) is 23.5 Å².